The van der Waals surface area contributed by atoms with Crippen molar-refractivity contribution in [1.82, 2.24) is 9.44 Å². The molecule has 0 spiro atoms. The summed E-state index contributed by atoms with van der Waals surface area (Å²) in [5, 5.41) is 0.703. The fourth-order valence-corrected chi connectivity index (χ4v) is 3.57. The second-order valence-electron chi connectivity index (χ2n) is 5.26. The molecule has 0 saturated heterocycles. The summed E-state index contributed by atoms with van der Waals surface area (Å²) >= 11 is 5.93. The zero-order valence-corrected chi connectivity index (χ0v) is 13.2. The maximum atomic E-state index is 11.6. The molecule has 20 heavy (non-hydrogen) atoms. The summed E-state index contributed by atoms with van der Waals surface area (Å²) in [7, 11) is -1.97. The van der Waals surface area contributed by atoms with E-state index in [2.05, 4.69) is 9.44 Å². The molecule has 0 radical (unpaired) electrons. The van der Waals surface area contributed by atoms with Gasteiger partial charge in [0.25, 0.3) is 10.2 Å². The summed E-state index contributed by atoms with van der Waals surface area (Å²) < 4.78 is 28.0. The van der Waals surface area contributed by atoms with Crippen molar-refractivity contribution in [2.24, 2.45) is 5.92 Å². The number of hydrogen-bond acceptors (Lipinski definition) is 2. The normalized spacial score (nSPS) is 18.3. The summed E-state index contributed by atoms with van der Waals surface area (Å²) in [5.74, 6) is 0.744. The van der Waals surface area contributed by atoms with Gasteiger partial charge in [0.05, 0.1) is 0 Å². The van der Waals surface area contributed by atoms with Crippen LogP contribution in [0.15, 0.2) is 24.3 Å². The molecule has 112 valence electrons. The fraction of sp³-hybridized carbons (Fsp3) is 0.571. The fourth-order valence-electron chi connectivity index (χ4n) is 2.90. The Morgan fingerprint density at radius 3 is 2.40 bits per heavy atom. The third-order valence-electron chi connectivity index (χ3n) is 4.03. The highest BCUT2D eigenvalue weighted by atomic mass is 35.5. The second-order valence-corrected chi connectivity index (χ2v) is 7.40. The summed E-state index contributed by atoms with van der Waals surface area (Å²) in [6.07, 6.45) is 4.78. The number of rotatable bonds is 6. The largest absolute Gasteiger partial charge is 0.276 e. The monoisotopic (exact) mass is 316 g/mol. The highest BCUT2D eigenvalue weighted by molar-refractivity contribution is 7.87. The summed E-state index contributed by atoms with van der Waals surface area (Å²) in [5.41, 5.74) is 1.15. The average Bonchev–Trinajstić information content (AvgIpc) is 2.95. The molecular formula is C14H21ClN2O2S. The van der Waals surface area contributed by atoms with Gasteiger partial charge < -0.3 is 0 Å². The average molecular weight is 317 g/mol. The molecule has 4 nitrogen and oxygen atoms in total. The van der Waals surface area contributed by atoms with Gasteiger partial charge in [0.15, 0.2) is 0 Å². The van der Waals surface area contributed by atoms with Gasteiger partial charge in [-0.1, -0.05) is 36.6 Å². The first-order valence-electron chi connectivity index (χ1n) is 6.95. The van der Waals surface area contributed by atoms with Crippen molar-refractivity contribution in [1.29, 1.82) is 0 Å². The lowest BCUT2D eigenvalue weighted by Crippen LogP contribution is -2.37. The topological polar surface area (TPSA) is 58.2 Å². The highest BCUT2D eigenvalue weighted by Gasteiger charge is 2.27. The zero-order chi connectivity index (χ0) is 14.6. The third-order valence-corrected chi connectivity index (χ3v) is 5.37. The van der Waals surface area contributed by atoms with E-state index in [0.717, 1.165) is 18.4 Å². The summed E-state index contributed by atoms with van der Waals surface area (Å²) in [4.78, 5) is 0. The molecular weight excluding hydrogens is 296 g/mol. The van der Waals surface area contributed by atoms with Gasteiger partial charge in [-0.05, 0) is 36.5 Å². The molecule has 0 aromatic heterocycles. The lowest BCUT2D eigenvalue weighted by molar-refractivity contribution is 0.428. The molecule has 1 aliphatic rings. The predicted molar refractivity (Wildman–Crippen MR) is 82.1 cm³/mol. The first-order chi connectivity index (χ1) is 9.52. The van der Waals surface area contributed by atoms with Crippen LogP contribution in [0.4, 0.5) is 0 Å². The van der Waals surface area contributed by atoms with Gasteiger partial charge in [0.2, 0.25) is 0 Å². The van der Waals surface area contributed by atoms with E-state index in [1.54, 1.807) is 0 Å². The summed E-state index contributed by atoms with van der Waals surface area (Å²) in [6, 6.07) is 7.73. The van der Waals surface area contributed by atoms with Gasteiger partial charge in [-0.25, -0.2) is 9.44 Å². The van der Waals surface area contributed by atoms with E-state index in [-0.39, 0.29) is 5.92 Å². The maximum absolute atomic E-state index is 11.6. The Morgan fingerprint density at radius 1 is 1.25 bits per heavy atom. The van der Waals surface area contributed by atoms with E-state index in [0.29, 0.717) is 17.5 Å². The van der Waals surface area contributed by atoms with Gasteiger partial charge in [-0.2, -0.15) is 8.42 Å². The third kappa shape index (κ3) is 4.19. The molecule has 0 heterocycles. The molecule has 1 atom stereocenters. The quantitative estimate of drug-likeness (QED) is 0.847. The van der Waals surface area contributed by atoms with Crippen molar-refractivity contribution in [3.05, 3.63) is 34.9 Å². The zero-order valence-electron chi connectivity index (χ0n) is 11.6. The Bertz CT molecular complexity index is 525. The van der Waals surface area contributed by atoms with Gasteiger partial charge in [-0.15, -0.1) is 0 Å². The lowest BCUT2D eigenvalue weighted by atomic mass is 9.85. The van der Waals surface area contributed by atoms with Crippen molar-refractivity contribution in [3.63, 3.8) is 0 Å². The highest BCUT2D eigenvalue weighted by Crippen LogP contribution is 2.37. The van der Waals surface area contributed by atoms with Gasteiger partial charge in [-0.3, -0.25) is 0 Å². The standard InChI is InChI=1S/C14H21ClN2O2S/c1-16-20(18,19)17-10-14(11-4-2-3-5-11)12-6-8-13(15)9-7-12/h6-9,11,14,16-17H,2-5,10H2,1H3. The minimum absolute atomic E-state index is 0.206. The molecule has 1 aromatic rings. The molecule has 6 heteroatoms. The number of nitrogens with one attached hydrogen (secondary N) is 2. The molecule has 1 unspecified atom stereocenters. The van der Waals surface area contributed by atoms with Crippen molar-refractivity contribution >= 4 is 21.8 Å². The second kappa shape index (κ2) is 6.89. The SMILES string of the molecule is CNS(=O)(=O)NCC(c1ccc(Cl)cc1)C1CCCC1. The van der Waals surface area contributed by atoms with Crippen molar-refractivity contribution < 1.29 is 8.42 Å². The van der Waals surface area contributed by atoms with Crippen LogP contribution in [0.1, 0.15) is 37.2 Å². The van der Waals surface area contributed by atoms with Crippen molar-refractivity contribution in [3.8, 4) is 0 Å². The van der Waals surface area contributed by atoms with Crippen LogP contribution in [0.25, 0.3) is 0 Å². The van der Waals surface area contributed by atoms with E-state index in [1.807, 2.05) is 24.3 Å². The molecule has 2 rings (SSSR count). The predicted octanol–water partition coefficient (Wildman–Crippen LogP) is 2.67. The van der Waals surface area contributed by atoms with Crippen LogP contribution < -0.4 is 9.44 Å². The molecule has 0 amide bonds. The smallest absolute Gasteiger partial charge is 0.205 e. The van der Waals surface area contributed by atoms with Crippen LogP contribution in [0.3, 0.4) is 0 Å². The molecule has 1 aliphatic carbocycles. The van der Waals surface area contributed by atoms with Crippen LogP contribution in [-0.2, 0) is 10.2 Å². The van der Waals surface area contributed by atoms with Gasteiger partial charge in [0.1, 0.15) is 0 Å². The van der Waals surface area contributed by atoms with Crippen molar-refractivity contribution in [2.75, 3.05) is 13.6 Å². The number of halogens is 1. The minimum atomic E-state index is -3.39. The first-order valence-corrected chi connectivity index (χ1v) is 8.81. The maximum Gasteiger partial charge on any atom is 0.276 e. The van der Waals surface area contributed by atoms with E-state index in [1.165, 1.54) is 19.9 Å². The minimum Gasteiger partial charge on any atom is -0.205 e. The molecule has 1 fully saturated rings. The Labute approximate surface area is 126 Å². The first kappa shape index (κ1) is 15.8. The van der Waals surface area contributed by atoms with Crippen LogP contribution in [0.5, 0.6) is 0 Å². The lowest BCUT2D eigenvalue weighted by Gasteiger charge is -2.24. The molecule has 1 aromatic carbocycles. The number of hydrogen-bond donors (Lipinski definition) is 2. The number of benzene rings is 1. The van der Waals surface area contributed by atoms with E-state index in [9.17, 15) is 8.42 Å². The summed E-state index contributed by atoms with van der Waals surface area (Å²) in [6.45, 7) is 0.426. The molecule has 2 N–H and O–H groups in total. The van der Waals surface area contributed by atoms with Crippen LogP contribution >= 0.6 is 11.6 Å². The Balaban J connectivity index is 2.14. The van der Waals surface area contributed by atoms with Gasteiger partial charge in [0, 0.05) is 24.5 Å². The van der Waals surface area contributed by atoms with Crippen LogP contribution in [0, 0.1) is 5.92 Å². The Kier molecular flexibility index (Phi) is 5.43. The molecule has 0 bridgehead atoms. The van der Waals surface area contributed by atoms with Crippen molar-refractivity contribution in [2.45, 2.75) is 31.6 Å². The molecule has 0 aliphatic heterocycles. The van der Waals surface area contributed by atoms with E-state index < -0.39 is 10.2 Å². The van der Waals surface area contributed by atoms with Crippen LogP contribution in [-0.4, -0.2) is 22.0 Å². The van der Waals surface area contributed by atoms with Gasteiger partial charge >= 0.3 is 0 Å². The van der Waals surface area contributed by atoms with E-state index in [4.69, 9.17) is 11.6 Å². The Morgan fingerprint density at radius 2 is 1.85 bits per heavy atom. The Hall–Kier alpha value is -0.620. The van der Waals surface area contributed by atoms with Crippen LogP contribution in [0.2, 0.25) is 5.02 Å². The molecule has 1 saturated carbocycles. The van der Waals surface area contributed by atoms with E-state index >= 15 is 0 Å².